The molecule has 5 heteroatoms. The Balaban J connectivity index is 2.04. The van der Waals surface area contributed by atoms with Gasteiger partial charge in [-0.3, -0.25) is 4.98 Å². The van der Waals surface area contributed by atoms with E-state index in [0.29, 0.717) is 5.03 Å². The predicted molar refractivity (Wildman–Crippen MR) is 69.4 cm³/mol. The Bertz CT molecular complexity index is 532. The number of methoxy groups -OCH3 is 1. The molecule has 0 bridgehead atoms. The lowest BCUT2D eigenvalue weighted by Crippen LogP contribution is -2.05. The van der Waals surface area contributed by atoms with Crippen LogP contribution in [0.15, 0.2) is 47.8 Å². The van der Waals surface area contributed by atoms with Gasteiger partial charge in [0.1, 0.15) is 5.03 Å². The first kappa shape index (κ1) is 12.6. The molecule has 0 aliphatic heterocycles. The number of esters is 1. The Morgan fingerprint density at radius 2 is 2.06 bits per heavy atom. The van der Waals surface area contributed by atoms with Gasteiger partial charge in [-0.15, -0.1) is 11.8 Å². The van der Waals surface area contributed by atoms with Crippen molar-refractivity contribution in [1.82, 2.24) is 9.97 Å². The minimum atomic E-state index is -0.468. The van der Waals surface area contributed by atoms with Gasteiger partial charge in [-0.25, -0.2) is 9.78 Å². The average Bonchev–Trinajstić information content (AvgIpc) is 2.45. The number of aromatic nitrogens is 2. The van der Waals surface area contributed by atoms with Crippen molar-refractivity contribution < 1.29 is 9.53 Å². The summed E-state index contributed by atoms with van der Waals surface area (Å²) >= 11 is 1.53. The first-order valence-electron chi connectivity index (χ1n) is 5.36. The monoisotopic (exact) mass is 260 g/mol. The average molecular weight is 260 g/mol. The number of carbonyl (C=O) groups excluding carboxylic acids is 1. The predicted octanol–water partition coefficient (Wildman–Crippen LogP) is 2.56. The van der Waals surface area contributed by atoms with E-state index >= 15 is 0 Å². The van der Waals surface area contributed by atoms with Gasteiger partial charge >= 0.3 is 5.97 Å². The fourth-order valence-electron chi connectivity index (χ4n) is 1.35. The molecule has 92 valence electrons. The summed E-state index contributed by atoms with van der Waals surface area (Å²) in [4.78, 5) is 19.5. The van der Waals surface area contributed by atoms with E-state index in [4.69, 9.17) is 0 Å². The Kier molecular flexibility index (Phi) is 4.30. The van der Waals surface area contributed by atoms with Crippen LogP contribution in [0.3, 0.4) is 0 Å². The van der Waals surface area contributed by atoms with Gasteiger partial charge < -0.3 is 4.74 Å². The van der Waals surface area contributed by atoms with E-state index in [0.717, 1.165) is 5.75 Å². The second kappa shape index (κ2) is 6.16. The van der Waals surface area contributed by atoms with Crippen molar-refractivity contribution in [3.63, 3.8) is 0 Å². The normalized spacial score (nSPS) is 10.1. The smallest absolute Gasteiger partial charge is 0.358 e. The zero-order valence-corrected chi connectivity index (χ0v) is 10.7. The number of nitrogens with zero attached hydrogens (tertiary/aromatic N) is 2. The van der Waals surface area contributed by atoms with Crippen molar-refractivity contribution in [1.29, 1.82) is 0 Å². The second-order valence-electron chi connectivity index (χ2n) is 3.51. The van der Waals surface area contributed by atoms with E-state index in [9.17, 15) is 4.79 Å². The molecule has 1 heterocycles. The Hall–Kier alpha value is -1.88. The second-order valence-corrected chi connectivity index (χ2v) is 4.50. The molecule has 0 saturated heterocycles. The molecule has 1 aromatic carbocycles. The summed E-state index contributed by atoms with van der Waals surface area (Å²) < 4.78 is 4.60. The highest BCUT2D eigenvalue weighted by Crippen LogP contribution is 2.20. The summed E-state index contributed by atoms with van der Waals surface area (Å²) in [5.74, 6) is 0.324. The van der Waals surface area contributed by atoms with Crippen LogP contribution in [0.5, 0.6) is 0 Å². The molecule has 0 unspecified atom stereocenters. The van der Waals surface area contributed by atoms with Gasteiger partial charge in [0.05, 0.1) is 19.5 Å². The minimum Gasteiger partial charge on any atom is -0.464 e. The SMILES string of the molecule is COC(=O)c1cncc(SCc2ccccc2)n1. The molecule has 4 nitrogen and oxygen atoms in total. The largest absolute Gasteiger partial charge is 0.464 e. The molecule has 1 aromatic heterocycles. The van der Waals surface area contributed by atoms with Crippen molar-refractivity contribution in [2.24, 2.45) is 0 Å². The number of benzene rings is 1. The van der Waals surface area contributed by atoms with E-state index < -0.39 is 5.97 Å². The maximum atomic E-state index is 11.3. The molecule has 0 aliphatic rings. The van der Waals surface area contributed by atoms with Crippen molar-refractivity contribution in [2.45, 2.75) is 10.8 Å². The molecule has 0 aliphatic carbocycles. The number of ether oxygens (including phenoxy) is 1. The maximum absolute atomic E-state index is 11.3. The third kappa shape index (κ3) is 3.30. The summed E-state index contributed by atoms with van der Waals surface area (Å²) in [6.45, 7) is 0. The van der Waals surface area contributed by atoms with Crippen molar-refractivity contribution >= 4 is 17.7 Å². The van der Waals surface area contributed by atoms with Gasteiger partial charge in [-0.05, 0) is 5.56 Å². The van der Waals surface area contributed by atoms with E-state index in [1.54, 1.807) is 6.20 Å². The summed E-state index contributed by atoms with van der Waals surface area (Å²) in [6.07, 6.45) is 3.04. The van der Waals surface area contributed by atoms with Crippen LogP contribution in [-0.2, 0) is 10.5 Å². The molecule has 0 radical (unpaired) electrons. The number of carbonyl (C=O) groups is 1. The standard InChI is InChI=1S/C13H12N2O2S/c1-17-13(16)11-7-14-8-12(15-11)18-9-10-5-3-2-4-6-10/h2-8H,9H2,1H3. The molecule has 0 spiro atoms. The van der Waals surface area contributed by atoms with Crippen LogP contribution in [0, 0.1) is 0 Å². The summed E-state index contributed by atoms with van der Waals surface area (Å²) in [6, 6.07) is 10.1. The van der Waals surface area contributed by atoms with Crippen LogP contribution < -0.4 is 0 Å². The van der Waals surface area contributed by atoms with Gasteiger partial charge in [-0.2, -0.15) is 0 Å². The molecular weight excluding hydrogens is 248 g/mol. The minimum absolute atomic E-state index is 0.232. The number of hydrogen-bond acceptors (Lipinski definition) is 5. The van der Waals surface area contributed by atoms with E-state index in [1.165, 1.54) is 30.6 Å². The maximum Gasteiger partial charge on any atom is 0.358 e. The van der Waals surface area contributed by atoms with E-state index in [-0.39, 0.29) is 5.69 Å². The molecular formula is C13H12N2O2S. The molecule has 18 heavy (non-hydrogen) atoms. The third-order valence-corrected chi connectivity index (χ3v) is 3.21. The van der Waals surface area contributed by atoms with Gasteiger partial charge in [0.25, 0.3) is 0 Å². The summed E-state index contributed by atoms with van der Waals surface area (Å²) in [7, 11) is 1.33. The van der Waals surface area contributed by atoms with Crippen molar-refractivity contribution in [3.05, 3.63) is 54.0 Å². The number of thioether (sulfide) groups is 1. The van der Waals surface area contributed by atoms with E-state index in [2.05, 4.69) is 14.7 Å². The molecule has 0 N–H and O–H groups in total. The van der Waals surface area contributed by atoms with Gasteiger partial charge in [-0.1, -0.05) is 30.3 Å². The molecule has 0 amide bonds. The lowest BCUT2D eigenvalue weighted by Gasteiger charge is -2.02. The molecule has 0 saturated carbocycles. The Labute approximate surface area is 109 Å². The van der Waals surface area contributed by atoms with Crippen LogP contribution in [0.4, 0.5) is 0 Å². The highest BCUT2D eigenvalue weighted by Gasteiger charge is 2.08. The first-order valence-corrected chi connectivity index (χ1v) is 6.35. The van der Waals surface area contributed by atoms with E-state index in [1.807, 2.05) is 30.3 Å². The topological polar surface area (TPSA) is 52.1 Å². The lowest BCUT2D eigenvalue weighted by molar-refractivity contribution is 0.0592. The highest BCUT2D eigenvalue weighted by molar-refractivity contribution is 7.98. The van der Waals surface area contributed by atoms with Gasteiger partial charge in [0, 0.05) is 5.75 Å². The van der Waals surface area contributed by atoms with Crippen LogP contribution in [0.1, 0.15) is 16.1 Å². The fourth-order valence-corrected chi connectivity index (χ4v) is 2.16. The third-order valence-electron chi connectivity index (χ3n) is 2.24. The van der Waals surface area contributed by atoms with Crippen LogP contribution >= 0.6 is 11.8 Å². The number of rotatable bonds is 4. The first-order chi connectivity index (χ1) is 8.79. The molecule has 0 fully saturated rings. The Morgan fingerprint density at radius 3 is 2.78 bits per heavy atom. The zero-order valence-electron chi connectivity index (χ0n) is 9.87. The van der Waals surface area contributed by atoms with Crippen LogP contribution in [0.25, 0.3) is 0 Å². The van der Waals surface area contributed by atoms with Gasteiger partial charge in [0.2, 0.25) is 0 Å². The van der Waals surface area contributed by atoms with Crippen LogP contribution in [0.2, 0.25) is 0 Å². The van der Waals surface area contributed by atoms with Crippen LogP contribution in [-0.4, -0.2) is 23.0 Å². The lowest BCUT2D eigenvalue weighted by atomic mass is 10.2. The summed E-state index contributed by atoms with van der Waals surface area (Å²) in [5, 5.41) is 0.710. The highest BCUT2D eigenvalue weighted by atomic mass is 32.2. The zero-order chi connectivity index (χ0) is 12.8. The quantitative estimate of drug-likeness (QED) is 0.624. The van der Waals surface area contributed by atoms with Crippen molar-refractivity contribution in [3.8, 4) is 0 Å². The molecule has 2 aromatic rings. The number of hydrogen-bond donors (Lipinski definition) is 0. The summed E-state index contributed by atoms with van der Waals surface area (Å²) in [5.41, 5.74) is 1.43. The Morgan fingerprint density at radius 1 is 1.28 bits per heavy atom. The fraction of sp³-hybridized carbons (Fsp3) is 0.154. The van der Waals surface area contributed by atoms with Crippen molar-refractivity contribution in [2.75, 3.05) is 7.11 Å². The molecule has 0 atom stereocenters. The molecule has 2 rings (SSSR count). The van der Waals surface area contributed by atoms with Gasteiger partial charge in [0.15, 0.2) is 5.69 Å².